The maximum atomic E-state index is 11.9. The predicted octanol–water partition coefficient (Wildman–Crippen LogP) is 1.27. The second-order valence-electron chi connectivity index (χ2n) is 4.60. The third kappa shape index (κ3) is 5.88. The Morgan fingerprint density at radius 3 is 2.62 bits per heavy atom. The van der Waals surface area contributed by atoms with E-state index in [9.17, 15) is 23.3 Å². The zero-order valence-electron chi connectivity index (χ0n) is 11.4. The van der Waals surface area contributed by atoms with Gasteiger partial charge in [0.15, 0.2) is 0 Å². The van der Waals surface area contributed by atoms with Gasteiger partial charge in [0.25, 0.3) is 5.69 Å². The average Bonchev–Trinajstić information content (AvgIpc) is 2.35. The molecular formula is C12H16N2O6S. The fraction of sp³-hybridized carbons (Fsp3) is 0.417. The Morgan fingerprint density at radius 2 is 2.05 bits per heavy atom. The molecule has 0 aliphatic heterocycles. The summed E-state index contributed by atoms with van der Waals surface area (Å²) in [6, 6.07) is 5.02. The molecule has 0 heterocycles. The molecule has 0 amide bonds. The van der Waals surface area contributed by atoms with Crippen molar-refractivity contribution in [3.63, 3.8) is 0 Å². The molecule has 21 heavy (non-hydrogen) atoms. The van der Waals surface area contributed by atoms with Crippen LogP contribution in [0.5, 0.6) is 0 Å². The normalized spacial score (nSPS) is 12.8. The van der Waals surface area contributed by atoms with Crippen LogP contribution in [0.25, 0.3) is 0 Å². The Hall–Kier alpha value is -2.00. The van der Waals surface area contributed by atoms with Gasteiger partial charge in [-0.25, -0.2) is 13.1 Å². The SMILES string of the molecule is CC(CCC(=O)O)NS(=O)(=O)Cc1ccccc1[N+](=O)[O-]. The first-order chi connectivity index (χ1) is 9.71. The summed E-state index contributed by atoms with van der Waals surface area (Å²) in [5.41, 5.74) is -0.179. The fourth-order valence-corrected chi connectivity index (χ4v) is 3.23. The molecule has 1 rings (SSSR count). The minimum Gasteiger partial charge on any atom is -0.481 e. The van der Waals surface area contributed by atoms with Crippen molar-refractivity contribution in [1.29, 1.82) is 0 Å². The molecular weight excluding hydrogens is 300 g/mol. The number of carboxylic acids is 1. The van der Waals surface area contributed by atoms with E-state index in [0.717, 1.165) is 0 Å². The highest BCUT2D eigenvalue weighted by Gasteiger charge is 2.21. The van der Waals surface area contributed by atoms with Gasteiger partial charge in [-0.15, -0.1) is 0 Å². The van der Waals surface area contributed by atoms with Crippen molar-refractivity contribution in [2.75, 3.05) is 0 Å². The van der Waals surface area contributed by atoms with Crippen molar-refractivity contribution in [2.45, 2.75) is 31.6 Å². The Kier molecular flexibility index (Phi) is 5.79. The van der Waals surface area contributed by atoms with Gasteiger partial charge in [-0.05, 0) is 13.3 Å². The van der Waals surface area contributed by atoms with E-state index in [2.05, 4.69) is 4.72 Å². The fourth-order valence-electron chi connectivity index (χ4n) is 1.76. The van der Waals surface area contributed by atoms with E-state index in [-0.39, 0.29) is 24.1 Å². The van der Waals surface area contributed by atoms with Gasteiger partial charge in [0.05, 0.1) is 10.7 Å². The molecule has 0 aliphatic carbocycles. The molecule has 1 aromatic rings. The highest BCUT2D eigenvalue weighted by molar-refractivity contribution is 7.88. The number of nitrogens with one attached hydrogen (secondary N) is 1. The molecule has 0 aliphatic rings. The molecule has 1 atom stereocenters. The first kappa shape index (κ1) is 17.1. The van der Waals surface area contributed by atoms with Crippen LogP contribution in [0.1, 0.15) is 25.3 Å². The first-order valence-electron chi connectivity index (χ1n) is 6.15. The third-order valence-corrected chi connectivity index (χ3v) is 4.16. The van der Waals surface area contributed by atoms with Crippen molar-refractivity contribution in [3.05, 3.63) is 39.9 Å². The van der Waals surface area contributed by atoms with Gasteiger partial charge in [0, 0.05) is 24.1 Å². The Bertz CT molecular complexity index is 628. The lowest BCUT2D eigenvalue weighted by Gasteiger charge is -2.13. The van der Waals surface area contributed by atoms with E-state index in [4.69, 9.17) is 5.11 Å². The molecule has 0 saturated carbocycles. The van der Waals surface area contributed by atoms with E-state index in [0.29, 0.717) is 0 Å². The lowest BCUT2D eigenvalue weighted by molar-refractivity contribution is -0.385. The number of carbonyl (C=O) groups is 1. The van der Waals surface area contributed by atoms with Gasteiger partial charge < -0.3 is 5.11 Å². The highest BCUT2D eigenvalue weighted by atomic mass is 32.2. The number of nitrogens with zero attached hydrogens (tertiary/aromatic N) is 1. The summed E-state index contributed by atoms with van der Waals surface area (Å²) in [6.45, 7) is 1.54. The maximum absolute atomic E-state index is 11.9. The highest BCUT2D eigenvalue weighted by Crippen LogP contribution is 2.20. The number of aliphatic carboxylic acids is 1. The molecule has 0 bridgehead atoms. The molecule has 1 aromatic carbocycles. The summed E-state index contributed by atoms with van der Waals surface area (Å²) >= 11 is 0. The zero-order chi connectivity index (χ0) is 16.0. The molecule has 116 valence electrons. The molecule has 9 heteroatoms. The van der Waals surface area contributed by atoms with E-state index in [1.165, 1.54) is 24.3 Å². The molecule has 8 nitrogen and oxygen atoms in total. The number of rotatable bonds is 8. The van der Waals surface area contributed by atoms with Gasteiger partial charge in [0.2, 0.25) is 10.0 Å². The molecule has 0 spiro atoms. The van der Waals surface area contributed by atoms with Crippen LogP contribution in [0, 0.1) is 10.1 Å². The number of hydrogen-bond donors (Lipinski definition) is 2. The Morgan fingerprint density at radius 1 is 1.43 bits per heavy atom. The van der Waals surface area contributed by atoms with Crippen molar-refractivity contribution in [2.24, 2.45) is 0 Å². The molecule has 1 unspecified atom stereocenters. The predicted molar refractivity (Wildman–Crippen MR) is 75.2 cm³/mol. The van der Waals surface area contributed by atoms with Gasteiger partial charge >= 0.3 is 5.97 Å². The van der Waals surface area contributed by atoms with Crippen molar-refractivity contribution < 1.29 is 23.2 Å². The van der Waals surface area contributed by atoms with Crippen molar-refractivity contribution >= 4 is 21.7 Å². The second-order valence-corrected chi connectivity index (χ2v) is 6.35. The van der Waals surface area contributed by atoms with Crippen LogP contribution in [0.4, 0.5) is 5.69 Å². The van der Waals surface area contributed by atoms with Crippen molar-refractivity contribution in [3.8, 4) is 0 Å². The average molecular weight is 316 g/mol. The Labute approximate surface area is 122 Å². The number of para-hydroxylation sites is 1. The topological polar surface area (TPSA) is 127 Å². The van der Waals surface area contributed by atoms with Crippen LogP contribution in [-0.2, 0) is 20.6 Å². The maximum Gasteiger partial charge on any atom is 0.303 e. The van der Waals surface area contributed by atoms with Crippen molar-refractivity contribution in [1.82, 2.24) is 4.72 Å². The largest absolute Gasteiger partial charge is 0.481 e. The smallest absolute Gasteiger partial charge is 0.303 e. The lowest BCUT2D eigenvalue weighted by Crippen LogP contribution is -2.34. The number of nitro benzene ring substituents is 1. The van der Waals surface area contributed by atoms with E-state index in [1.807, 2.05) is 0 Å². The standard InChI is InChI=1S/C12H16N2O6S/c1-9(6-7-12(15)16)13-21(19,20)8-10-4-2-3-5-11(10)14(17)18/h2-5,9,13H,6-8H2,1H3,(H,15,16). The van der Waals surface area contributed by atoms with Crippen LogP contribution in [0.2, 0.25) is 0 Å². The van der Waals surface area contributed by atoms with Crippen LogP contribution in [-0.4, -0.2) is 30.5 Å². The molecule has 0 radical (unpaired) electrons. The second kappa shape index (κ2) is 7.14. The molecule has 0 saturated heterocycles. The van der Waals surface area contributed by atoms with Crippen LogP contribution in [0.15, 0.2) is 24.3 Å². The number of sulfonamides is 1. The minimum absolute atomic E-state index is 0.0837. The zero-order valence-corrected chi connectivity index (χ0v) is 12.2. The molecule has 0 fully saturated rings. The Balaban J connectivity index is 2.77. The van der Waals surface area contributed by atoms with Crippen LogP contribution >= 0.6 is 0 Å². The van der Waals surface area contributed by atoms with Crippen LogP contribution in [0.3, 0.4) is 0 Å². The first-order valence-corrected chi connectivity index (χ1v) is 7.80. The van der Waals surface area contributed by atoms with E-state index >= 15 is 0 Å². The number of benzene rings is 1. The third-order valence-electron chi connectivity index (χ3n) is 2.71. The number of carboxylic acid groups (broad SMARTS) is 1. The number of hydrogen-bond acceptors (Lipinski definition) is 5. The van der Waals surface area contributed by atoms with E-state index in [1.54, 1.807) is 6.92 Å². The van der Waals surface area contributed by atoms with Gasteiger partial charge in [0.1, 0.15) is 0 Å². The monoisotopic (exact) mass is 316 g/mol. The summed E-state index contributed by atoms with van der Waals surface area (Å²) in [5, 5.41) is 19.4. The molecule has 0 aromatic heterocycles. The summed E-state index contributed by atoms with van der Waals surface area (Å²) in [6.07, 6.45) is -0.0133. The quantitative estimate of drug-likeness (QED) is 0.549. The van der Waals surface area contributed by atoms with Gasteiger partial charge in [-0.2, -0.15) is 0 Å². The van der Waals surface area contributed by atoms with E-state index < -0.39 is 32.7 Å². The number of nitro groups is 1. The minimum atomic E-state index is -3.79. The summed E-state index contributed by atoms with van der Waals surface area (Å²) < 4.78 is 26.2. The molecule has 2 N–H and O–H groups in total. The van der Waals surface area contributed by atoms with Gasteiger partial charge in [-0.3, -0.25) is 14.9 Å². The lowest BCUT2D eigenvalue weighted by atomic mass is 10.2. The summed E-state index contributed by atoms with van der Waals surface area (Å²) in [7, 11) is -3.79. The van der Waals surface area contributed by atoms with Crippen LogP contribution < -0.4 is 4.72 Å². The van der Waals surface area contributed by atoms with Gasteiger partial charge in [-0.1, -0.05) is 18.2 Å². The summed E-state index contributed by atoms with van der Waals surface area (Å²) in [5.74, 6) is -1.54. The summed E-state index contributed by atoms with van der Waals surface area (Å²) in [4.78, 5) is 20.6.